The summed E-state index contributed by atoms with van der Waals surface area (Å²) in [5.74, 6) is -1.82. The average Bonchev–Trinajstić information content (AvgIpc) is 3.14. The minimum atomic E-state index is -1.22. The van der Waals surface area contributed by atoms with Crippen molar-refractivity contribution in [3.05, 3.63) is 48.0 Å². The average molecular weight is 469 g/mol. The van der Waals surface area contributed by atoms with Crippen LogP contribution >= 0.6 is 0 Å². The van der Waals surface area contributed by atoms with Gasteiger partial charge in [-0.2, -0.15) is 0 Å². The molecule has 1 aliphatic rings. The van der Waals surface area contributed by atoms with Crippen molar-refractivity contribution in [3.63, 3.8) is 0 Å². The number of ether oxygens (including phenoxy) is 3. The van der Waals surface area contributed by atoms with Crippen LogP contribution in [0, 0.1) is 5.92 Å². The number of nitrogens with one attached hydrogen (secondary N) is 1. The SMILES string of the molecule is COc1cc(OC)cc(N2C(=O)CC(N(NC(=O)c3ccccc3OC)C(=O)C(C)C)C2=O)c1. The van der Waals surface area contributed by atoms with Crippen LogP contribution in [0.5, 0.6) is 17.2 Å². The third-order valence-corrected chi connectivity index (χ3v) is 5.33. The van der Waals surface area contributed by atoms with Crippen LogP contribution in [0.3, 0.4) is 0 Å². The fourth-order valence-corrected chi connectivity index (χ4v) is 3.58. The van der Waals surface area contributed by atoms with Crippen LogP contribution in [0.15, 0.2) is 42.5 Å². The molecule has 0 aromatic heterocycles. The van der Waals surface area contributed by atoms with Crippen molar-refractivity contribution in [2.75, 3.05) is 26.2 Å². The number of amides is 4. The fourth-order valence-electron chi connectivity index (χ4n) is 3.58. The lowest BCUT2D eigenvalue weighted by Crippen LogP contribution is -2.56. The number of benzene rings is 2. The molecule has 0 saturated carbocycles. The highest BCUT2D eigenvalue weighted by Crippen LogP contribution is 2.32. The maximum absolute atomic E-state index is 13.4. The Hall–Kier alpha value is -4.08. The number of hydrogen-bond acceptors (Lipinski definition) is 7. The zero-order valence-electron chi connectivity index (χ0n) is 19.7. The van der Waals surface area contributed by atoms with E-state index in [1.54, 1.807) is 38.1 Å². The summed E-state index contributed by atoms with van der Waals surface area (Å²) in [5.41, 5.74) is 2.93. The zero-order valence-corrected chi connectivity index (χ0v) is 19.7. The first kappa shape index (κ1) is 24.6. The normalized spacial score (nSPS) is 15.4. The number of para-hydroxylation sites is 1. The number of methoxy groups -OCH3 is 3. The third kappa shape index (κ3) is 4.80. The van der Waals surface area contributed by atoms with E-state index in [1.165, 1.54) is 39.5 Å². The van der Waals surface area contributed by atoms with E-state index in [1.807, 2.05) is 0 Å². The molecular formula is C24H27N3O7. The number of nitrogens with zero attached hydrogens (tertiary/aromatic N) is 2. The summed E-state index contributed by atoms with van der Waals surface area (Å²) >= 11 is 0. The zero-order chi connectivity index (χ0) is 25.0. The topological polar surface area (TPSA) is 114 Å². The van der Waals surface area contributed by atoms with Crippen molar-refractivity contribution in [1.29, 1.82) is 0 Å². The molecule has 1 aliphatic heterocycles. The molecular weight excluding hydrogens is 442 g/mol. The van der Waals surface area contributed by atoms with E-state index < -0.39 is 35.6 Å². The van der Waals surface area contributed by atoms with Gasteiger partial charge < -0.3 is 14.2 Å². The van der Waals surface area contributed by atoms with Crippen molar-refractivity contribution in [2.24, 2.45) is 5.92 Å². The van der Waals surface area contributed by atoms with Gasteiger partial charge in [-0.05, 0) is 12.1 Å². The predicted octanol–water partition coefficient (Wildman–Crippen LogP) is 2.17. The summed E-state index contributed by atoms with van der Waals surface area (Å²) in [6.45, 7) is 3.27. The van der Waals surface area contributed by atoms with Crippen LogP contribution in [-0.4, -0.2) is 56.0 Å². The Bertz CT molecular complexity index is 1090. The molecule has 0 aliphatic carbocycles. The summed E-state index contributed by atoms with van der Waals surface area (Å²) in [4.78, 5) is 53.2. The number of hydrazine groups is 1. The summed E-state index contributed by atoms with van der Waals surface area (Å²) < 4.78 is 15.7. The Labute approximate surface area is 197 Å². The van der Waals surface area contributed by atoms with Gasteiger partial charge in [0, 0.05) is 24.1 Å². The summed E-state index contributed by atoms with van der Waals surface area (Å²) in [7, 11) is 4.32. The number of anilines is 1. The van der Waals surface area contributed by atoms with E-state index in [0.717, 1.165) is 9.91 Å². The standard InChI is InChI=1S/C24H27N3O7/c1-14(2)23(30)27(25-22(29)18-8-6-7-9-20(18)34-5)19-13-21(28)26(24(19)31)15-10-16(32-3)12-17(11-15)33-4/h6-12,14,19H,13H2,1-5H3,(H,25,29). The number of rotatable bonds is 7. The van der Waals surface area contributed by atoms with Gasteiger partial charge in [-0.3, -0.25) is 24.6 Å². The van der Waals surface area contributed by atoms with E-state index >= 15 is 0 Å². The molecule has 2 aromatic carbocycles. The third-order valence-electron chi connectivity index (χ3n) is 5.33. The van der Waals surface area contributed by atoms with Gasteiger partial charge in [0.25, 0.3) is 11.8 Å². The highest BCUT2D eigenvalue weighted by atomic mass is 16.5. The van der Waals surface area contributed by atoms with Gasteiger partial charge in [0.2, 0.25) is 11.8 Å². The van der Waals surface area contributed by atoms with Crippen molar-refractivity contribution in [3.8, 4) is 17.2 Å². The van der Waals surface area contributed by atoms with Gasteiger partial charge in [-0.1, -0.05) is 26.0 Å². The summed E-state index contributed by atoms with van der Waals surface area (Å²) in [5, 5.41) is 0.942. The number of carbonyl (C=O) groups excluding carboxylic acids is 4. The van der Waals surface area contributed by atoms with Crippen LogP contribution in [-0.2, 0) is 14.4 Å². The second kappa shape index (κ2) is 10.2. The quantitative estimate of drug-likeness (QED) is 0.488. The highest BCUT2D eigenvalue weighted by molar-refractivity contribution is 6.23. The lowest BCUT2D eigenvalue weighted by molar-refractivity contribution is -0.143. The molecule has 1 fully saturated rings. The molecule has 1 saturated heterocycles. The summed E-state index contributed by atoms with van der Waals surface area (Å²) in [6, 6.07) is 9.90. The maximum atomic E-state index is 13.4. The minimum absolute atomic E-state index is 0.178. The van der Waals surface area contributed by atoms with Crippen molar-refractivity contribution < 1.29 is 33.4 Å². The molecule has 0 radical (unpaired) electrons. The van der Waals surface area contributed by atoms with Gasteiger partial charge in [0.15, 0.2) is 0 Å². The van der Waals surface area contributed by atoms with Crippen molar-refractivity contribution >= 4 is 29.3 Å². The van der Waals surface area contributed by atoms with E-state index in [-0.39, 0.29) is 17.7 Å². The van der Waals surface area contributed by atoms with E-state index in [4.69, 9.17) is 14.2 Å². The molecule has 2 aromatic rings. The molecule has 10 heteroatoms. The summed E-state index contributed by atoms with van der Waals surface area (Å²) in [6.07, 6.45) is -0.303. The first-order valence-corrected chi connectivity index (χ1v) is 10.6. The molecule has 1 heterocycles. The van der Waals surface area contributed by atoms with Crippen molar-refractivity contribution in [1.82, 2.24) is 10.4 Å². The van der Waals surface area contributed by atoms with Gasteiger partial charge >= 0.3 is 0 Å². The molecule has 0 spiro atoms. The Kier molecular flexibility index (Phi) is 7.40. The number of imide groups is 1. The van der Waals surface area contributed by atoms with E-state index in [0.29, 0.717) is 17.2 Å². The molecule has 180 valence electrons. The Morgan fingerprint density at radius 3 is 2.18 bits per heavy atom. The second-order valence-corrected chi connectivity index (χ2v) is 7.86. The monoisotopic (exact) mass is 469 g/mol. The molecule has 3 rings (SSSR count). The second-order valence-electron chi connectivity index (χ2n) is 7.86. The maximum Gasteiger partial charge on any atom is 0.273 e. The lowest BCUT2D eigenvalue weighted by Gasteiger charge is -2.29. The van der Waals surface area contributed by atoms with E-state index in [9.17, 15) is 19.2 Å². The Morgan fingerprint density at radius 1 is 1.00 bits per heavy atom. The Balaban J connectivity index is 1.95. The van der Waals surface area contributed by atoms with Gasteiger partial charge in [0.05, 0.1) is 39.0 Å². The van der Waals surface area contributed by atoms with Crippen molar-refractivity contribution in [2.45, 2.75) is 26.3 Å². The van der Waals surface area contributed by atoms with Crippen LogP contribution in [0.25, 0.3) is 0 Å². The molecule has 1 atom stereocenters. The largest absolute Gasteiger partial charge is 0.497 e. The molecule has 0 bridgehead atoms. The highest BCUT2D eigenvalue weighted by Gasteiger charge is 2.46. The smallest absolute Gasteiger partial charge is 0.273 e. The number of hydrogen-bond donors (Lipinski definition) is 1. The lowest BCUT2D eigenvalue weighted by atomic mass is 10.1. The first-order valence-electron chi connectivity index (χ1n) is 10.6. The molecule has 10 nitrogen and oxygen atoms in total. The fraction of sp³-hybridized carbons (Fsp3) is 0.333. The first-order chi connectivity index (χ1) is 16.2. The molecule has 34 heavy (non-hydrogen) atoms. The molecule has 4 amide bonds. The minimum Gasteiger partial charge on any atom is -0.497 e. The van der Waals surface area contributed by atoms with Gasteiger partial charge in [-0.15, -0.1) is 0 Å². The Morgan fingerprint density at radius 2 is 1.62 bits per heavy atom. The predicted molar refractivity (Wildman–Crippen MR) is 123 cm³/mol. The van der Waals surface area contributed by atoms with E-state index in [2.05, 4.69) is 5.43 Å². The van der Waals surface area contributed by atoms with Gasteiger partial charge in [0.1, 0.15) is 23.3 Å². The number of carbonyl (C=O) groups is 4. The molecule has 1 N–H and O–H groups in total. The van der Waals surface area contributed by atoms with Crippen LogP contribution in [0.2, 0.25) is 0 Å². The van der Waals surface area contributed by atoms with Crippen LogP contribution < -0.4 is 24.5 Å². The van der Waals surface area contributed by atoms with Crippen LogP contribution in [0.1, 0.15) is 30.6 Å². The van der Waals surface area contributed by atoms with Gasteiger partial charge in [-0.25, -0.2) is 9.91 Å². The van der Waals surface area contributed by atoms with Crippen LogP contribution in [0.4, 0.5) is 5.69 Å². The molecule has 1 unspecified atom stereocenters.